The van der Waals surface area contributed by atoms with E-state index < -0.39 is 6.61 Å². The summed E-state index contributed by atoms with van der Waals surface area (Å²) in [6.07, 6.45) is 1.96. The lowest BCUT2D eigenvalue weighted by molar-refractivity contribution is -0.135. The van der Waals surface area contributed by atoms with Gasteiger partial charge in [-0.25, -0.2) is 0 Å². The van der Waals surface area contributed by atoms with Crippen LogP contribution >= 0.6 is 12.4 Å². The molecule has 0 heterocycles. The molecule has 0 aromatic heterocycles. The second-order valence-corrected chi connectivity index (χ2v) is 5.70. The lowest BCUT2D eigenvalue weighted by Gasteiger charge is -2.25. The first-order chi connectivity index (χ1) is 11.0. The molecule has 5 nitrogen and oxygen atoms in total. The number of hydrogen-bond acceptors (Lipinski definition) is 4. The molecule has 1 aliphatic carbocycles. The van der Waals surface area contributed by atoms with Gasteiger partial charge in [-0.3, -0.25) is 4.79 Å². The predicted octanol–water partition coefficient (Wildman–Crippen LogP) is 2.80. The van der Waals surface area contributed by atoms with Gasteiger partial charge in [0.05, 0.1) is 7.11 Å². The number of ether oxygens (including phenoxy) is 2. The Bertz CT molecular complexity index is 556. The van der Waals surface area contributed by atoms with Gasteiger partial charge in [-0.15, -0.1) is 12.4 Å². The first-order valence-corrected chi connectivity index (χ1v) is 7.58. The smallest absolute Gasteiger partial charge is 0.387 e. The van der Waals surface area contributed by atoms with Gasteiger partial charge in [-0.2, -0.15) is 8.78 Å². The van der Waals surface area contributed by atoms with Gasteiger partial charge in [-0.1, -0.05) is 13.0 Å². The van der Waals surface area contributed by atoms with E-state index in [1.54, 1.807) is 24.0 Å². The largest absolute Gasteiger partial charge is 0.493 e. The number of carbonyl (C=O) groups is 1. The molecule has 1 amide bonds. The number of halogens is 3. The number of carbonyl (C=O) groups excluding carboxylic acids is 1. The number of alkyl halides is 2. The number of rotatable bonds is 8. The van der Waals surface area contributed by atoms with E-state index in [0.29, 0.717) is 13.1 Å². The van der Waals surface area contributed by atoms with E-state index >= 15 is 0 Å². The monoisotopic (exact) mass is 364 g/mol. The van der Waals surface area contributed by atoms with Crippen molar-refractivity contribution in [1.29, 1.82) is 0 Å². The summed E-state index contributed by atoms with van der Waals surface area (Å²) in [7, 11) is 1.39. The molecule has 0 bridgehead atoms. The number of methoxy groups -OCH3 is 1. The van der Waals surface area contributed by atoms with Crippen molar-refractivity contribution in [3.8, 4) is 11.5 Å². The topological polar surface area (TPSA) is 64.8 Å². The predicted molar refractivity (Wildman–Crippen MR) is 88.7 cm³/mol. The van der Waals surface area contributed by atoms with Gasteiger partial charge < -0.3 is 20.1 Å². The zero-order valence-corrected chi connectivity index (χ0v) is 14.5. The van der Waals surface area contributed by atoms with E-state index in [1.807, 2.05) is 0 Å². The number of amides is 1. The van der Waals surface area contributed by atoms with E-state index in [-0.39, 0.29) is 41.8 Å². The van der Waals surface area contributed by atoms with Crippen LogP contribution in [0.5, 0.6) is 11.5 Å². The summed E-state index contributed by atoms with van der Waals surface area (Å²) in [6, 6.07) is 4.95. The Balaban J connectivity index is 0.00000288. The minimum Gasteiger partial charge on any atom is -0.493 e. The third-order valence-electron chi connectivity index (χ3n) is 3.84. The normalized spacial score (nSPS) is 14.8. The van der Waals surface area contributed by atoms with Crippen LogP contribution in [0.1, 0.15) is 25.3 Å². The summed E-state index contributed by atoms with van der Waals surface area (Å²) in [5, 5.41) is 0. The second-order valence-electron chi connectivity index (χ2n) is 5.70. The number of nitrogens with zero attached hydrogens (tertiary/aromatic N) is 1. The summed E-state index contributed by atoms with van der Waals surface area (Å²) < 4.78 is 34.2. The molecule has 2 N–H and O–H groups in total. The molecular formula is C16H23ClF2N2O3. The SMILES string of the molecule is COc1cc(CN(C(=O)C(C)CN)C2CC2)ccc1OC(F)F.Cl. The Morgan fingerprint density at radius 3 is 2.54 bits per heavy atom. The summed E-state index contributed by atoms with van der Waals surface area (Å²) in [5.41, 5.74) is 6.38. The lowest BCUT2D eigenvalue weighted by atomic mass is 10.1. The molecule has 8 heteroatoms. The molecule has 0 saturated heterocycles. The third-order valence-corrected chi connectivity index (χ3v) is 3.84. The fourth-order valence-electron chi connectivity index (χ4n) is 2.36. The van der Waals surface area contributed by atoms with Crippen molar-refractivity contribution in [1.82, 2.24) is 4.90 Å². The minimum absolute atomic E-state index is 0. The molecule has 0 aliphatic heterocycles. The molecule has 0 radical (unpaired) electrons. The maximum atomic E-state index is 12.4. The van der Waals surface area contributed by atoms with Crippen LogP contribution < -0.4 is 15.2 Å². The van der Waals surface area contributed by atoms with Gasteiger partial charge in [-0.05, 0) is 30.5 Å². The van der Waals surface area contributed by atoms with Crippen LogP contribution in [0, 0.1) is 5.92 Å². The molecule has 2 rings (SSSR count). The quantitative estimate of drug-likeness (QED) is 0.770. The van der Waals surface area contributed by atoms with E-state index in [4.69, 9.17) is 10.5 Å². The maximum Gasteiger partial charge on any atom is 0.387 e. The Morgan fingerprint density at radius 2 is 2.04 bits per heavy atom. The highest BCUT2D eigenvalue weighted by atomic mass is 35.5. The fourth-order valence-corrected chi connectivity index (χ4v) is 2.36. The average molecular weight is 365 g/mol. The van der Waals surface area contributed by atoms with Gasteiger partial charge in [0, 0.05) is 25.0 Å². The summed E-state index contributed by atoms with van der Waals surface area (Å²) in [4.78, 5) is 14.2. The Labute approximate surface area is 146 Å². The van der Waals surface area contributed by atoms with Crippen LogP contribution in [0.15, 0.2) is 18.2 Å². The van der Waals surface area contributed by atoms with Crippen molar-refractivity contribution in [2.24, 2.45) is 11.7 Å². The number of nitrogens with two attached hydrogens (primary N) is 1. The van der Waals surface area contributed by atoms with Crippen LogP contribution in [0.2, 0.25) is 0 Å². The molecule has 1 aliphatic rings. The second kappa shape index (κ2) is 9.03. The molecule has 1 saturated carbocycles. The third kappa shape index (κ3) is 5.21. The van der Waals surface area contributed by atoms with Gasteiger partial charge in [0.1, 0.15) is 0 Å². The van der Waals surface area contributed by atoms with Gasteiger partial charge in [0.25, 0.3) is 0 Å². The van der Waals surface area contributed by atoms with Crippen molar-refractivity contribution < 1.29 is 23.0 Å². The van der Waals surface area contributed by atoms with Crippen LogP contribution in [0.4, 0.5) is 8.78 Å². The first kappa shape index (κ1) is 20.4. The van der Waals surface area contributed by atoms with Gasteiger partial charge in [0.2, 0.25) is 5.91 Å². The van der Waals surface area contributed by atoms with Crippen LogP contribution in [0.3, 0.4) is 0 Å². The average Bonchev–Trinajstić information content (AvgIpc) is 3.36. The summed E-state index contributed by atoms with van der Waals surface area (Å²) in [5.74, 6) is -0.0236. The highest BCUT2D eigenvalue weighted by Crippen LogP contribution is 2.33. The van der Waals surface area contributed by atoms with Gasteiger partial charge in [0.15, 0.2) is 11.5 Å². The standard InChI is InChI=1S/C16H22F2N2O3.ClH/c1-10(8-19)15(21)20(12-4-5-12)9-11-3-6-13(23-16(17)18)14(7-11)22-2;/h3,6-7,10,12,16H,4-5,8-9,19H2,1-2H3;1H. The molecular weight excluding hydrogens is 342 g/mol. The molecule has 136 valence electrons. The molecule has 0 spiro atoms. The molecule has 1 fully saturated rings. The zero-order valence-electron chi connectivity index (χ0n) is 13.7. The van der Waals surface area contributed by atoms with Gasteiger partial charge >= 0.3 is 6.61 Å². The van der Waals surface area contributed by atoms with E-state index in [0.717, 1.165) is 18.4 Å². The zero-order chi connectivity index (χ0) is 17.0. The van der Waals surface area contributed by atoms with Crippen molar-refractivity contribution >= 4 is 18.3 Å². The fraction of sp³-hybridized carbons (Fsp3) is 0.562. The van der Waals surface area contributed by atoms with Crippen LogP contribution in [-0.4, -0.2) is 37.1 Å². The van der Waals surface area contributed by atoms with E-state index in [1.165, 1.54) is 13.2 Å². The number of hydrogen-bond donors (Lipinski definition) is 1. The number of benzene rings is 1. The Kier molecular flexibility index (Phi) is 7.69. The van der Waals surface area contributed by atoms with Crippen molar-refractivity contribution in [3.05, 3.63) is 23.8 Å². The van der Waals surface area contributed by atoms with E-state index in [9.17, 15) is 13.6 Å². The molecule has 1 atom stereocenters. The highest BCUT2D eigenvalue weighted by molar-refractivity contribution is 5.85. The van der Waals surface area contributed by atoms with Crippen molar-refractivity contribution in [2.75, 3.05) is 13.7 Å². The van der Waals surface area contributed by atoms with Crippen molar-refractivity contribution in [2.45, 2.75) is 39.0 Å². The van der Waals surface area contributed by atoms with Crippen molar-refractivity contribution in [3.63, 3.8) is 0 Å². The Hall–Kier alpha value is -1.60. The lowest BCUT2D eigenvalue weighted by Crippen LogP contribution is -2.39. The molecule has 1 aromatic carbocycles. The molecule has 1 unspecified atom stereocenters. The Morgan fingerprint density at radius 1 is 1.38 bits per heavy atom. The highest BCUT2D eigenvalue weighted by Gasteiger charge is 2.34. The first-order valence-electron chi connectivity index (χ1n) is 7.58. The summed E-state index contributed by atoms with van der Waals surface area (Å²) in [6.45, 7) is -0.409. The maximum absolute atomic E-state index is 12.4. The van der Waals surface area contributed by atoms with Crippen LogP contribution in [-0.2, 0) is 11.3 Å². The molecule has 1 aromatic rings. The minimum atomic E-state index is -2.91. The molecule has 24 heavy (non-hydrogen) atoms. The summed E-state index contributed by atoms with van der Waals surface area (Å²) >= 11 is 0. The van der Waals surface area contributed by atoms with E-state index in [2.05, 4.69) is 4.74 Å². The van der Waals surface area contributed by atoms with Crippen LogP contribution in [0.25, 0.3) is 0 Å².